The molecular formula is C19H24N2O4S. The van der Waals surface area contributed by atoms with Crippen LogP contribution in [0.25, 0.3) is 0 Å². The first-order chi connectivity index (χ1) is 12.3. The molecule has 0 radical (unpaired) electrons. The number of carboxylic acid groups (broad SMARTS) is 1. The highest BCUT2D eigenvalue weighted by molar-refractivity contribution is 7.89. The topological polar surface area (TPSA) is 95.5 Å². The van der Waals surface area contributed by atoms with Crippen LogP contribution in [0.3, 0.4) is 0 Å². The van der Waals surface area contributed by atoms with Crippen molar-refractivity contribution in [3.63, 3.8) is 0 Å². The fourth-order valence-corrected chi connectivity index (χ4v) is 3.78. The third-order valence-electron chi connectivity index (χ3n) is 4.01. The van der Waals surface area contributed by atoms with E-state index in [0.29, 0.717) is 18.7 Å². The van der Waals surface area contributed by atoms with Crippen LogP contribution >= 0.6 is 0 Å². The minimum Gasteiger partial charge on any atom is -0.478 e. The number of aromatic carboxylic acids is 1. The molecule has 7 heteroatoms. The second-order valence-electron chi connectivity index (χ2n) is 6.04. The highest BCUT2D eigenvalue weighted by Gasteiger charge is 2.21. The van der Waals surface area contributed by atoms with Gasteiger partial charge in [-0.3, -0.25) is 0 Å². The van der Waals surface area contributed by atoms with E-state index in [1.54, 1.807) is 0 Å². The molecule has 0 aliphatic carbocycles. The Bertz CT molecular complexity index is 851. The summed E-state index contributed by atoms with van der Waals surface area (Å²) < 4.78 is 27.9. The zero-order valence-corrected chi connectivity index (χ0v) is 15.7. The van der Waals surface area contributed by atoms with Crippen molar-refractivity contribution >= 4 is 21.7 Å². The molecule has 0 saturated carbocycles. The van der Waals surface area contributed by atoms with E-state index in [-0.39, 0.29) is 16.5 Å². The molecule has 1 unspecified atom stereocenters. The Morgan fingerprint density at radius 2 is 1.85 bits per heavy atom. The summed E-state index contributed by atoms with van der Waals surface area (Å²) >= 11 is 0. The van der Waals surface area contributed by atoms with Crippen LogP contribution in [0.5, 0.6) is 0 Å². The highest BCUT2D eigenvalue weighted by atomic mass is 32.2. The minimum atomic E-state index is -3.82. The Hall–Kier alpha value is -2.38. The number of anilines is 1. The third kappa shape index (κ3) is 5.06. The van der Waals surface area contributed by atoms with Crippen molar-refractivity contribution in [1.82, 2.24) is 4.72 Å². The third-order valence-corrected chi connectivity index (χ3v) is 5.51. The predicted octanol–water partition coefficient (Wildman–Crippen LogP) is 3.64. The smallest absolute Gasteiger partial charge is 0.335 e. The SMILES string of the molecule is CCCCNS(=O)(=O)c1cc(C(=O)O)ccc1NC(C)c1ccccc1. The van der Waals surface area contributed by atoms with Crippen LogP contribution in [0.1, 0.15) is 48.7 Å². The monoisotopic (exact) mass is 376 g/mol. The molecule has 140 valence electrons. The molecule has 0 aliphatic rings. The fraction of sp³-hybridized carbons (Fsp3) is 0.316. The number of rotatable bonds is 9. The summed E-state index contributed by atoms with van der Waals surface area (Å²) in [4.78, 5) is 11.2. The molecule has 3 N–H and O–H groups in total. The number of unbranched alkanes of at least 4 members (excludes halogenated alkanes) is 1. The number of hydrogen-bond donors (Lipinski definition) is 3. The van der Waals surface area contributed by atoms with Crippen molar-refractivity contribution in [3.05, 3.63) is 59.7 Å². The van der Waals surface area contributed by atoms with Gasteiger partial charge in [-0.05, 0) is 37.1 Å². The first-order valence-corrected chi connectivity index (χ1v) is 10.0. The van der Waals surface area contributed by atoms with Gasteiger partial charge in [-0.2, -0.15) is 0 Å². The van der Waals surface area contributed by atoms with Crippen molar-refractivity contribution in [1.29, 1.82) is 0 Å². The summed E-state index contributed by atoms with van der Waals surface area (Å²) in [6.07, 6.45) is 1.56. The first-order valence-electron chi connectivity index (χ1n) is 8.53. The number of carbonyl (C=O) groups is 1. The Balaban J connectivity index is 2.37. The van der Waals surface area contributed by atoms with E-state index in [2.05, 4.69) is 10.0 Å². The molecule has 26 heavy (non-hydrogen) atoms. The Labute approximate surface area is 154 Å². The van der Waals surface area contributed by atoms with E-state index >= 15 is 0 Å². The lowest BCUT2D eigenvalue weighted by Crippen LogP contribution is -2.26. The van der Waals surface area contributed by atoms with Gasteiger partial charge in [-0.1, -0.05) is 43.7 Å². The van der Waals surface area contributed by atoms with E-state index in [1.165, 1.54) is 18.2 Å². The van der Waals surface area contributed by atoms with Gasteiger partial charge in [0.2, 0.25) is 10.0 Å². The number of sulfonamides is 1. The molecule has 0 heterocycles. The molecule has 0 amide bonds. The van der Waals surface area contributed by atoms with Crippen LogP contribution in [-0.4, -0.2) is 26.0 Å². The van der Waals surface area contributed by atoms with Crippen LogP contribution in [0.2, 0.25) is 0 Å². The average Bonchev–Trinajstić information content (AvgIpc) is 2.62. The molecule has 0 aromatic heterocycles. The summed E-state index contributed by atoms with van der Waals surface area (Å²) in [5.74, 6) is -1.17. The zero-order valence-electron chi connectivity index (χ0n) is 14.9. The summed E-state index contributed by atoms with van der Waals surface area (Å²) in [5, 5.41) is 12.4. The molecule has 0 fully saturated rings. The Morgan fingerprint density at radius 3 is 2.46 bits per heavy atom. The van der Waals surface area contributed by atoms with Crippen molar-refractivity contribution in [3.8, 4) is 0 Å². The molecule has 6 nitrogen and oxygen atoms in total. The van der Waals surface area contributed by atoms with Gasteiger partial charge in [0.05, 0.1) is 11.3 Å². The van der Waals surface area contributed by atoms with E-state index in [1.807, 2.05) is 44.2 Å². The molecule has 0 spiro atoms. The van der Waals surface area contributed by atoms with E-state index < -0.39 is 16.0 Å². The second-order valence-corrected chi connectivity index (χ2v) is 7.78. The van der Waals surface area contributed by atoms with Gasteiger partial charge < -0.3 is 10.4 Å². The fourth-order valence-electron chi connectivity index (χ4n) is 2.52. The van der Waals surface area contributed by atoms with Crippen molar-refractivity contribution in [2.24, 2.45) is 0 Å². The summed E-state index contributed by atoms with van der Waals surface area (Å²) in [7, 11) is -3.82. The van der Waals surface area contributed by atoms with Gasteiger partial charge >= 0.3 is 5.97 Å². The van der Waals surface area contributed by atoms with Gasteiger partial charge in [0.25, 0.3) is 0 Å². The number of nitrogens with one attached hydrogen (secondary N) is 2. The quantitative estimate of drug-likeness (QED) is 0.581. The lowest BCUT2D eigenvalue weighted by Gasteiger charge is -2.19. The summed E-state index contributed by atoms with van der Waals surface area (Å²) in [6.45, 7) is 4.19. The lowest BCUT2D eigenvalue weighted by atomic mass is 10.1. The number of hydrogen-bond acceptors (Lipinski definition) is 4. The first kappa shape index (κ1) is 19.9. The van der Waals surface area contributed by atoms with Gasteiger partial charge in [-0.25, -0.2) is 17.9 Å². The van der Waals surface area contributed by atoms with E-state index in [4.69, 9.17) is 0 Å². The molecule has 2 aromatic rings. The predicted molar refractivity (Wildman–Crippen MR) is 102 cm³/mol. The zero-order chi connectivity index (χ0) is 19.2. The lowest BCUT2D eigenvalue weighted by molar-refractivity contribution is 0.0696. The van der Waals surface area contributed by atoms with Gasteiger partial charge in [0.15, 0.2) is 0 Å². The Morgan fingerprint density at radius 1 is 1.15 bits per heavy atom. The number of carboxylic acids is 1. The van der Waals surface area contributed by atoms with Crippen LogP contribution in [-0.2, 0) is 10.0 Å². The number of benzene rings is 2. The molecule has 2 rings (SSSR count). The van der Waals surface area contributed by atoms with Crippen LogP contribution in [0.15, 0.2) is 53.4 Å². The Kier molecular flexibility index (Phi) is 6.76. The minimum absolute atomic E-state index is 0.0590. The van der Waals surface area contributed by atoms with Gasteiger partial charge in [0, 0.05) is 12.6 Å². The van der Waals surface area contributed by atoms with E-state index in [0.717, 1.165) is 12.0 Å². The molecule has 0 saturated heterocycles. The van der Waals surface area contributed by atoms with Crippen molar-refractivity contribution in [2.75, 3.05) is 11.9 Å². The van der Waals surface area contributed by atoms with Crippen LogP contribution in [0, 0.1) is 0 Å². The molecule has 0 aliphatic heterocycles. The van der Waals surface area contributed by atoms with Crippen molar-refractivity contribution < 1.29 is 18.3 Å². The maximum Gasteiger partial charge on any atom is 0.335 e. The highest BCUT2D eigenvalue weighted by Crippen LogP contribution is 2.27. The second kappa shape index (κ2) is 8.82. The van der Waals surface area contributed by atoms with E-state index in [9.17, 15) is 18.3 Å². The standard InChI is InChI=1S/C19H24N2O4S/c1-3-4-12-20-26(24,25)18-13-16(19(22)23)10-11-17(18)21-14(2)15-8-6-5-7-9-15/h5-11,13-14,20-21H,3-4,12H2,1-2H3,(H,22,23). The summed E-state index contributed by atoms with van der Waals surface area (Å²) in [6, 6.07) is 13.5. The maximum atomic E-state index is 12.7. The van der Waals surface area contributed by atoms with Gasteiger partial charge in [-0.15, -0.1) is 0 Å². The molecule has 2 aromatic carbocycles. The van der Waals surface area contributed by atoms with Crippen LogP contribution < -0.4 is 10.0 Å². The average molecular weight is 376 g/mol. The largest absolute Gasteiger partial charge is 0.478 e. The van der Waals surface area contributed by atoms with Crippen LogP contribution in [0.4, 0.5) is 5.69 Å². The van der Waals surface area contributed by atoms with Crippen molar-refractivity contribution in [2.45, 2.75) is 37.6 Å². The van der Waals surface area contributed by atoms with Gasteiger partial charge in [0.1, 0.15) is 4.90 Å². The molecular weight excluding hydrogens is 352 g/mol. The normalized spacial score (nSPS) is 12.5. The molecule has 0 bridgehead atoms. The summed E-state index contributed by atoms with van der Waals surface area (Å²) in [5.41, 5.74) is 1.30. The maximum absolute atomic E-state index is 12.7. The molecule has 1 atom stereocenters.